The fraction of sp³-hybridized carbons (Fsp3) is 0.571. The summed E-state index contributed by atoms with van der Waals surface area (Å²) < 4.78 is 0. The van der Waals surface area contributed by atoms with Gasteiger partial charge in [0.2, 0.25) is 0 Å². The van der Waals surface area contributed by atoms with Gasteiger partial charge in [-0.1, -0.05) is 25.3 Å². The van der Waals surface area contributed by atoms with Crippen molar-refractivity contribution in [2.24, 2.45) is 11.7 Å². The van der Waals surface area contributed by atoms with Crippen molar-refractivity contribution >= 4 is 30.7 Å². The molecule has 2 rings (SSSR count). The summed E-state index contributed by atoms with van der Waals surface area (Å²) in [5.74, 6) is 0.410. The van der Waals surface area contributed by atoms with Gasteiger partial charge < -0.3 is 11.1 Å². The highest BCUT2D eigenvalue weighted by molar-refractivity contribution is 5.92. The normalized spacial score (nSPS) is 16.4. The van der Waals surface area contributed by atoms with E-state index in [1.54, 1.807) is 18.3 Å². The predicted molar refractivity (Wildman–Crippen MR) is 85.6 cm³/mol. The molecule has 0 saturated heterocycles. The smallest absolute Gasteiger partial charge is 0.270 e. The number of aromatic nitrogens is 1. The number of pyridine rings is 1. The second-order valence-corrected chi connectivity index (χ2v) is 4.93. The van der Waals surface area contributed by atoms with E-state index in [1.807, 2.05) is 6.07 Å². The Balaban J connectivity index is 0.00000180. The number of rotatable bonds is 4. The van der Waals surface area contributed by atoms with E-state index in [0.29, 0.717) is 18.2 Å². The van der Waals surface area contributed by atoms with E-state index in [4.69, 9.17) is 5.73 Å². The molecule has 1 aromatic heterocycles. The third-order valence-electron chi connectivity index (χ3n) is 3.69. The van der Waals surface area contributed by atoms with Crippen LogP contribution < -0.4 is 11.1 Å². The number of hydrogen-bond donors (Lipinski definition) is 2. The molecular formula is C14H23Cl2N3O. The van der Waals surface area contributed by atoms with E-state index in [0.717, 1.165) is 0 Å². The van der Waals surface area contributed by atoms with Crippen molar-refractivity contribution < 1.29 is 4.79 Å². The summed E-state index contributed by atoms with van der Waals surface area (Å²) in [7, 11) is 0. The van der Waals surface area contributed by atoms with Crippen LogP contribution in [0.25, 0.3) is 0 Å². The first kappa shape index (κ1) is 19.2. The van der Waals surface area contributed by atoms with Gasteiger partial charge in [-0.25, -0.2) is 0 Å². The number of nitrogens with two attached hydrogens (primary N) is 1. The van der Waals surface area contributed by atoms with Gasteiger partial charge >= 0.3 is 0 Å². The Labute approximate surface area is 132 Å². The van der Waals surface area contributed by atoms with E-state index in [-0.39, 0.29) is 36.8 Å². The molecule has 0 spiro atoms. The van der Waals surface area contributed by atoms with Crippen LogP contribution in [0.5, 0.6) is 0 Å². The van der Waals surface area contributed by atoms with Crippen LogP contribution in [0.15, 0.2) is 24.4 Å². The Bertz CT molecular complexity index is 383. The zero-order valence-electron chi connectivity index (χ0n) is 11.5. The van der Waals surface area contributed by atoms with E-state index in [2.05, 4.69) is 10.3 Å². The Hall–Kier alpha value is -0.840. The lowest BCUT2D eigenvalue weighted by atomic mass is 9.84. The van der Waals surface area contributed by atoms with E-state index in [9.17, 15) is 4.79 Å². The van der Waals surface area contributed by atoms with E-state index >= 15 is 0 Å². The Morgan fingerprint density at radius 2 is 2.00 bits per heavy atom. The van der Waals surface area contributed by atoms with Crippen molar-refractivity contribution in [1.29, 1.82) is 0 Å². The highest BCUT2D eigenvalue weighted by Gasteiger charge is 2.24. The van der Waals surface area contributed by atoms with Crippen LogP contribution in [0.1, 0.15) is 42.6 Å². The highest BCUT2D eigenvalue weighted by atomic mass is 35.5. The van der Waals surface area contributed by atoms with Crippen molar-refractivity contribution in [3.63, 3.8) is 0 Å². The number of nitrogens with one attached hydrogen (secondary N) is 1. The van der Waals surface area contributed by atoms with Gasteiger partial charge in [0.15, 0.2) is 0 Å². The third-order valence-corrected chi connectivity index (χ3v) is 3.69. The molecule has 1 aliphatic rings. The SMILES string of the molecule is Cl.Cl.NCC(NC(=O)c1ccccn1)C1CCCCC1. The van der Waals surface area contributed by atoms with Crippen molar-refractivity contribution in [3.05, 3.63) is 30.1 Å². The van der Waals surface area contributed by atoms with Crippen molar-refractivity contribution in [2.75, 3.05) is 6.54 Å². The van der Waals surface area contributed by atoms with E-state index < -0.39 is 0 Å². The Kier molecular flexibility index (Phi) is 9.55. The summed E-state index contributed by atoms with van der Waals surface area (Å²) in [5, 5.41) is 3.03. The van der Waals surface area contributed by atoms with Crippen LogP contribution in [-0.4, -0.2) is 23.5 Å². The first-order valence-corrected chi connectivity index (χ1v) is 6.73. The first-order valence-electron chi connectivity index (χ1n) is 6.73. The minimum Gasteiger partial charge on any atom is -0.346 e. The third kappa shape index (κ3) is 5.27. The number of hydrogen-bond acceptors (Lipinski definition) is 3. The summed E-state index contributed by atoms with van der Waals surface area (Å²) >= 11 is 0. The lowest BCUT2D eigenvalue weighted by molar-refractivity contribution is 0.0910. The Morgan fingerprint density at radius 3 is 2.55 bits per heavy atom. The van der Waals surface area contributed by atoms with Crippen LogP contribution in [0.2, 0.25) is 0 Å². The average Bonchev–Trinajstić information content (AvgIpc) is 2.46. The minimum atomic E-state index is -0.114. The zero-order chi connectivity index (χ0) is 12.8. The molecule has 1 aliphatic carbocycles. The largest absolute Gasteiger partial charge is 0.346 e. The lowest BCUT2D eigenvalue weighted by Crippen LogP contribution is -2.46. The fourth-order valence-corrected chi connectivity index (χ4v) is 2.65. The number of halogens is 2. The molecule has 1 amide bonds. The first-order chi connectivity index (χ1) is 8.81. The van der Waals surface area contributed by atoms with Gasteiger partial charge in [0.1, 0.15) is 5.69 Å². The van der Waals surface area contributed by atoms with Crippen LogP contribution in [-0.2, 0) is 0 Å². The summed E-state index contributed by atoms with van der Waals surface area (Å²) in [6.07, 6.45) is 7.78. The fourth-order valence-electron chi connectivity index (χ4n) is 2.65. The molecule has 114 valence electrons. The summed E-state index contributed by atoms with van der Waals surface area (Å²) in [6, 6.07) is 5.43. The molecule has 1 heterocycles. The predicted octanol–water partition coefficient (Wildman–Crippen LogP) is 2.56. The van der Waals surface area contributed by atoms with Crippen molar-refractivity contribution in [3.8, 4) is 0 Å². The molecule has 0 bridgehead atoms. The van der Waals surface area contributed by atoms with E-state index in [1.165, 1.54) is 32.1 Å². The average molecular weight is 320 g/mol. The monoisotopic (exact) mass is 319 g/mol. The second kappa shape index (κ2) is 9.97. The molecule has 0 aromatic carbocycles. The summed E-state index contributed by atoms with van der Waals surface area (Å²) in [5.41, 5.74) is 6.26. The highest BCUT2D eigenvalue weighted by Crippen LogP contribution is 2.26. The molecular weight excluding hydrogens is 297 g/mol. The number of carbonyl (C=O) groups excluding carboxylic acids is 1. The quantitative estimate of drug-likeness (QED) is 0.896. The van der Waals surface area contributed by atoms with Crippen LogP contribution in [0.4, 0.5) is 0 Å². The number of nitrogens with zero attached hydrogens (tertiary/aromatic N) is 1. The van der Waals surface area contributed by atoms with Crippen molar-refractivity contribution in [1.82, 2.24) is 10.3 Å². The van der Waals surface area contributed by atoms with Gasteiger partial charge in [0.25, 0.3) is 5.91 Å². The van der Waals surface area contributed by atoms with Crippen LogP contribution >= 0.6 is 24.8 Å². The molecule has 20 heavy (non-hydrogen) atoms. The van der Waals surface area contributed by atoms with Gasteiger partial charge in [-0.05, 0) is 30.9 Å². The topological polar surface area (TPSA) is 68.0 Å². The van der Waals surface area contributed by atoms with Crippen LogP contribution in [0.3, 0.4) is 0 Å². The van der Waals surface area contributed by atoms with Gasteiger partial charge in [-0.15, -0.1) is 24.8 Å². The molecule has 1 aromatic rings. The molecule has 0 radical (unpaired) electrons. The molecule has 1 unspecified atom stereocenters. The summed E-state index contributed by atoms with van der Waals surface area (Å²) in [4.78, 5) is 16.1. The maximum Gasteiger partial charge on any atom is 0.270 e. The lowest BCUT2D eigenvalue weighted by Gasteiger charge is -2.29. The molecule has 6 heteroatoms. The summed E-state index contributed by atoms with van der Waals surface area (Å²) in [6.45, 7) is 0.503. The van der Waals surface area contributed by atoms with Crippen LogP contribution in [0, 0.1) is 5.92 Å². The molecule has 0 aliphatic heterocycles. The van der Waals surface area contributed by atoms with Gasteiger partial charge in [0, 0.05) is 18.8 Å². The molecule has 4 nitrogen and oxygen atoms in total. The maximum atomic E-state index is 12.0. The number of amides is 1. The van der Waals surface area contributed by atoms with Crippen molar-refractivity contribution in [2.45, 2.75) is 38.1 Å². The molecule has 1 atom stereocenters. The zero-order valence-corrected chi connectivity index (χ0v) is 13.1. The Morgan fingerprint density at radius 1 is 1.30 bits per heavy atom. The van der Waals surface area contributed by atoms with Gasteiger partial charge in [-0.3, -0.25) is 9.78 Å². The molecule has 1 saturated carbocycles. The van der Waals surface area contributed by atoms with Gasteiger partial charge in [0.05, 0.1) is 0 Å². The maximum absolute atomic E-state index is 12.0. The second-order valence-electron chi connectivity index (χ2n) is 4.93. The minimum absolute atomic E-state index is 0. The van der Waals surface area contributed by atoms with Gasteiger partial charge in [-0.2, -0.15) is 0 Å². The molecule has 1 fully saturated rings. The number of carbonyl (C=O) groups is 1. The molecule has 3 N–H and O–H groups in total. The standard InChI is InChI=1S/C14H21N3O.2ClH/c15-10-13(11-6-2-1-3-7-11)17-14(18)12-8-4-5-9-16-12;;/h4-5,8-9,11,13H,1-3,6-7,10,15H2,(H,17,18);2*1H.